The highest BCUT2D eigenvalue weighted by Gasteiger charge is 2.23. The summed E-state index contributed by atoms with van der Waals surface area (Å²) in [5, 5.41) is 17.8. The van der Waals surface area contributed by atoms with E-state index in [2.05, 4.69) is 6.92 Å². The van der Waals surface area contributed by atoms with Crippen LogP contribution in [-0.4, -0.2) is 17.2 Å². The first-order chi connectivity index (χ1) is 8.50. The smallest absolute Gasteiger partial charge is 0.423 e. The number of hydrogen-bond donors (Lipinski definition) is 2. The SMILES string of the molecule is CC1CC=C(c2ccc(B(O)O)c(F)c2F)CC1. The average molecular weight is 252 g/mol. The lowest BCUT2D eigenvalue weighted by Crippen LogP contribution is -2.33. The third-order valence-corrected chi connectivity index (χ3v) is 3.41. The van der Waals surface area contributed by atoms with Crippen molar-refractivity contribution in [2.24, 2.45) is 5.92 Å². The second-order valence-corrected chi connectivity index (χ2v) is 4.81. The van der Waals surface area contributed by atoms with Gasteiger partial charge in [0.1, 0.15) is 0 Å². The van der Waals surface area contributed by atoms with E-state index in [0.717, 1.165) is 24.8 Å². The van der Waals surface area contributed by atoms with Gasteiger partial charge in [-0.2, -0.15) is 0 Å². The molecule has 1 unspecified atom stereocenters. The van der Waals surface area contributed by atoms with Crippen molar-refractivity contribution in [1.29, 1.82) is 0 Å². The van der Waals surface area contributed by atoms with Crippen molar-refractivity contribution in [1.82, 2.24) is 0 Å². The quantitative estimate of drug-likeness (QED) is 0.788. The van der Waals surface area contributed by atoms with Crippen molar-refractivity contribution in [3.63, 3.8) is 0 Å². The summed E-state index contributed by atoms with van der Waals surface area (Å²) in [5.41, 5.74) is 0.591. The highest BCUT2D eigenvalue weighted by molar-refractivity contribution is 6.58. The molecule has 1 aliphatic carbocycles. The zero-order valence-corrected chi connectivity index (χ0v) is 10.2. The summed E-state index contributed by atoms with van der Waals surface area (Å²) in [6.07, 6.45) is 4.47. The fraction of sp³-hybridized carbons (Fsp3) is 0.385. The molecule has 2 N–H and O–H groups in total. The van der Waals surface area contributed by atoms with Crippen molar-refractivity contribution in [3.05, 3.63) is 35.4 Å². The van der Waals surface area contributed by atoms with E-state index < -0.39 is 24.2 Å². The lowest BCUT2D eigenvalue weighted by Gasteiger charge is -2.19. The van der Waals surface area contributed by atoms with Crippen molar-refractivity contribution in [2.75, 3.05) is 0 Å². The van der Waals surface area contributed by atoms with E-state index in [1.807, 2.05) is 6.08 Å². The molecule has 0 spiro atoms. The summed E-state index contributed by atoms with van der Waals surface area (Å²) in [6, 6.07) is 2.63. The Morgan fingerprint density at radius 3 is 2.50 bits per heavy atom. The summed E-state index contributed by atoms with van der Waals surface area (Å²) >= 11 is 0. The van der Waals surface area contributed by atoms with Gasteiger partial charge in [-0.3, -0.25) is 0 Å². The third kappa shape index (κ3) is 2.47. The number of allylic oxidation sites excluding steroid dienone is 2. The summed E-state index contributed by atoms with van der Waals surface area (Å²) in [7, 11) is -1.99. The summed E-state index contributed by atoms with van der Waals surface area (Å²) in [4.78, 5) is 0. The van der Waals surface area contributed by atoms with Gasteiger partial charge in [0.25, 0.3) is 0 Å². The number of halogens is 2. The number of hydrogen-bond acceptors (Lipinski definition) is 2. The van der Waals surface area contributed by atoms with Crippen molar-refractivity contribution in [3.8, 4) is 0 Å². The lowest BCUT2D eigenvalue weighted by molar-refractivity contribution is 0.420. The van der Waals surface area contributed by atoms with Gasteiger partial charge in [0.05, 0.1) is 0 Å². The Hall–Kier alpha value is -1.20. The molecular weight excluding hydrogens is 237 g/mol. The third-order valence-electron chi connectivity index (χ3n) is 3.41. The monoisotopic (exact) mass is 252 g/mol. The molecule has 5 heteroatoms. The predicted octanol–water partition coefficient (Wildman–Crippen LogP) is 1.85. The molecular formula is C13H15BF2O2. The molecule has 0 fully saturated rings. The van der Waals surface area contributed by atoms with Crippen LogP contribution in [-0.2, 0) is 0 Å². The van der Waals surface area contributed by atoms with Gasteiger partial charge in [0, 0.05) is 11.0 Å². The van der Waals surface area contributed by atoms with Gasteiger partial charge < -0.3 is 10.0 Å². The number of rotatable bonds is 2. The van der Waals surface area contributed by atoms with E-state index in [1.165, 1.54) is 12.1 Å². The second-order valence-electron chi connectivity index (χ2n) is 4.81. The standard InChI is InChI=1S/C13H15BF2O2/c1-8-2-4-9(5-3-8)10-6-7-11(14(17)18)13(16)12(10)15/h4,6-8,17-18H,2-3,5H2,1H3. The van der Waals surface area contributed by atoms with Crippen molar-refractivity contribution >= 4 is 18.2 Å². The topological polar surface area (TPSA) is 40.5 Å². The van der Waals surface area contributed by atoms with Gasteiger partial charge in [-0.25, -0.2) is 8.78 Å². The molecule has 1 aliphatic rings. The zero-order valence-electron chi connectivity index (χ0n) is 10.2. The Labute approximate surface area is 105 Å². The first-order valence-electron chi connectivity index (χ1n) is 6.04. The molecule has 0 saturated heterocycles. The minimum Gasteiger partial charge on any atom is -0.423 e. The maximum absolute atomic E-state index is 13.9. The molecule has 2 rings (SSSR count). The van der Waals surface area contributed by atoms with Crippen LogP contribution in [0.5, 0.6) is 0 Å². The van der Waals surface area contributed by atoms with Crippen LogP contribution in [0.2, 0.25) is 0 Å². The first-order valence-corrected chi connectivity index (χ1v) is 6.04. The minimum absolute atomic E-state index is 0.226. The molecule has 0 amide bonds. The van der Waals surface area contributed by atoms with E-state index >= 15 is 0 Å². The summed E-state index contributed by atoms with van der Waals surface area (Å²) in [5.74, 6) is -1.61. The normalized spacial score (nSPS) is 19.6. The molecule has 0 saturated carbocycles. The summed E-state index contributed by atoms with van der Waals surface area (Å²) in [6.45, 7) is 2.12. The van der Waals surface area contributed by atoms with E-state index in [-0.39, 0.29) is 5.56 Å². The second kappa shape index (κ2) is 5.20. The fourth-order valence-electron chi connectivity index (χ4n) is 2.22. The van der Waals surface area contributed by atoms with Gasteiger partial charge in [-0.05, 0) is 30.8 Å². The van der Waals surface area contributed by atoms with Gasteiger partial charge in [-0.15, -0.1) is 0 Å². The molecule has 1 aromatic rings. The van der Waals surface area contributed by atoms with Crippen LogP contribution in [0.1, 0.15) is 31.7 Å². The first kappa shape index (κ1) is 13.2. The molecule has 96 valence electrons. The predicted molar refractivity (Wildman–Crippen MR) is 67.2 cm³/mol. The fourth-order valence-corrected chi connectivity index (χ4v) is 2.22. The highest BCUT2D eigenvalue weighted by atomic mass is 19.2. The molecule has 0 bridgehead atoms. The highest BCUT2D eigenvalue weighted by Crippen LogP contribution is 2.31. The maximum Gasteiger partial charge on any atom is 0.491 e. The van der Waals surface area contributed by atoms with Gasteiger partial charge in [0.15, 0.2) is 11.6 Å². The van der Waals surface area contributed by atoms with Crippen LogP contribution in [0.4, 0.5) is 8.78 Å². The Balaban J connectivity index is 2.39. The molecule has 0 heterocycles. The lowest BCUT2D eigenvalue weighted by atomic mass is 9.78. The molecule has 0 aromatic heterocycles. The molecule has 1 atom stereocenters. The largest absolute Gasteiger partial charge is 0.491 e. The number of benzene rings is 1. The summed E-state index contributed by atoms with van der Waals surface area (Å²) < 4.78 is 27.5. The Morgan fingerprint density at radius 2 is 1.94 bits per heavy atom. The zero-order chi connectivity index (χ0) is 13.3. The van der Waals surface area contributed by atoms with Gasteiger partial charge in [0.2, 0.25) is 0 Å². The van der Waals surface area contributed by atoms with E-state index in [9.17, 15) is 8.78 Å². The van der Waals surface area contributed by atoms with Crippen LogP contribution in [0.25, 0.3) is 5.57 Å². The average Bonchev–Trinajstić information content (AvgIpc) is 2.33. The Bertz CT molecular complexity index is 486. The van der Waals surface area contributed by atoms with Gasteiger partial charge >= 0.3 is 7.12 Å². The van der Waals surface area contributed by atoms with Crippen LogP contribution in [0.3, 0.4) is 0 Å². The minimum atomic E-state index is -1.99. The van der Waals surface area contributed by atoms with E-state index in [0.29, 0.717) is 5.92 Å². The van der Waals surface area contributed by atoms with Crippen LogP contribution >= 0.6 is 0 Å². The maximum atomic E-state index is 13.9. The van der Waals surface area contributed by atoms with Crippen LogP contribution < -0.4 is 5.46 Å². The van der Waals surface area contributed by atoms with Crippen molar-refractivity contribution in [2.45, 2.75) is 26.2 Å². The Morgan fingerprint density at radius 1 is 1.22 bits per heavy atom. The van der Waals surface area contributed by atoms with E-state index in [1.54, 1.807) is 0 Å². The Kier molecular flexibility index (Phi) is 3.83. The molecule has 1 aromatic carbocycles. The van der Waals surface area contributed by atoms with E-state index in [4.69, 9.17) is 10.0 Å². The molecule has 0 radical (unpaired) electrons. The molecule has 0 aliphatic heterocycles. The molecule has 18 heavy (non-hydrogen) atoms. The van der Waals surface area contributed by atoms with Gasteiger partial charge in [-0.1, -0.05) is 25.1 Å². The van der Waals surface area contributed by atoms with Crippen LogP contribution in [0, 0.1) is 17.6 Å². The van der Waals surface area contributed by atoms with Crippen molar-refractivity contribution < 1.29 is 18.8 Å². The molecule has 2 nitrogen and oxygen atoms in total. The van der Waals surface area contributed by atoms with Crippen LogP contribution in [0.15, 0.2) is 18.2 Å².